The van der Waals surface area contributed by atoms with E-state index in [-0.39, 0.29) is 12.5 Å². The molecule has 8 nitrogen and oxygen atoms in total. The summed E-state index contributed by atoms with van der Waals surface area (Å²) in [6.45, 7) is 0.210. The van der Waals surface area contributed by atoms with E-state index in [2.05, 4.69) is 20.1 Å². The molecule has 0 unspecified atom stereocenters. The highest BCUT2D eigenvalue weighted by molar-refractivity contribution is 7.15. The summed E-state index contributed by atoms with van der Waals surface area (Å²) in [4.78, 5) is 27.3. The highest BCUT2D eigenvalue weighted by Gasteiger charge is 2.19. The Morgan fingerprint density at radius 2 is 2.17 bits per heavy atom. The fourth-order valence-electron chi connectivity index (χ4n) is 2.24. The number of imidazole rings is 1. The summed E-state index contributed by atoms with van der Waals surface area (Å²) in [5, 5.41) is 5.84. The molecule has 120 valence electrons. The van der Waals surface area contributed by atoms with Crippen molar-refractivity contribution < 1.29 is 9.32 Å². The average Bonchev–Trinajstić information content (AvgIpc) is 3.30. The summed E-state index contributed by atoms with van der Waals surface area (Å²) in [5.41, 5.74) is 1.20. The molecule has 0 spiro atoms. The third-order valence-corrected chi connectivity index (χ3v) is 4.21. The Bertz CT molecular complexity index is 961. The highest BCUT2D eigenvalue weighted by atomic mass is 32.1. The molecule has 0 saturated heterocycles. The maximum Gasteiger partial charge on any atom is 0.274 e. The predicted octanol–water partition coefficient (Wildman–Crippen LogP) is 2.11. The van der Waals surface area contributed by atoms with Gasteiger partial charge in [0, 0.05) is 42.8 Å². The van der Waals surface area contributed by atoms with Gasteiger partial charge < -0.3 is 9.42 Å². The topological polar surface area (TPSA) is 89.4 Å². The van der Waals surface area contributed by atoms with E-state index in [0.717, 1.165) is 10.5 Å². The monoisotopic (exact) mass is 340 g/mol. The van der Waals surface area contributed by atoms with Gasteiger partial charge >= 0.3 is 0 Å². The number of hydrogen-bond donors (Lipinski definition) is 0. The van der Waals surface area contributed by atoms with Crippen LogP contribution in [-0.2, 0) is 6.54 Å². The molecular formula is C15H12N6O2S. The molecule has 24 heavy (non-hydrogen) atoms. The number of nitrogens with zero attached hydrogens (tertiary/aromatic N) is 6. The molecule has 0 aliphatic heterocycles. The zero-order valence-electron chi connectivity index (χ0n) is 12.7. The largest absolute Gasteiger partial charge is 0.337 e. The minimum Gasteiger partial charge on any atom is -0.337 e. The van der Waals surface area contributed by atoms with Crippen molar-refractivity contribution in [3.05, 3.63) is 53.9 Å². The first-order chi connectivity index (χ1) is 11.7. The molecule has 9 heteroatoms. The van der Waals surface area contributed by atoms with Crippen LogP contribution in [0.5, 0.6) is 0 Å². The van der Waals surface area contributed by atoms with Gasteiger partial charge in [-0.3, -0.25) is 14.2 Å². The first kappa shape index (κ1) is 14.5. The van der Waals surface area contributed by atoms with Crippen LogP contribution in [0.1, 0.15) is 16.4 Å². The van der Waals surface area contributed by atoms with Gasteiger partial charge in [0.15, 0.2) is 4.96 Å². The molecule has 0 aliphatic carbocycles. The molecule has 4 aromatic rings. The number of hydrogen-bond acceptors (Lipinski definition) is 7. The lowest BCUT2D eigenvalue weighted by atomic mass is 10.2. The molecule has 0 aliphatic rings. The SMILES string of the molecule is CN(Cc1nc(-c2ccncc2)no1)C(=O)c1cn2ccsc2n1. The number of aromatic nitrogens is 5. The van der Waals surface area contributed by atoms with Gasteiger partial charge in [-0.15, -0.1) is 11.3 Å². The minimum absolute atomic E-state index is 0.199. The van der Waals surface area contributed by atoms with E-state index in [4.69, 9.17) is 4.52 Å². The summed E-state index contributed by atoms with van der Waals surface area (Å²) >= 11 is 1.48. The van der Waals surface area contributed by atoms with Crippen molar-refractivity contribution in [1.82, 2.24) is 29.4 Å². The third-order valence-electron chi connectivity index (χ3n) is 3.44. The van der Waals surface area contributed by atoms with Crippen molar-refractivity contribution in [3.8, 4) is 11.4 Å². The summed E-state index contributed by atoms with van der Waals surface area (Å²) < 4.78 is 7.04. The zero-order valence-corrected chi connectivity index (χ0v) is 13.5. The van der Waals surface area contributed by atoms with Crippen LogP contribution in [0.2, 0.25) is 0 Å². The lowest BCUT2D eigenvalue weighted by Gasteiger charge is -2.12. The molecule has 4 heterocycles. The van der Waals surface area contributed by atoms with Crippen LogP contribution >= 0.6 is 11.3 Å². The van der Waals surface area contributed by atoms with Crippen molar-refractivity contribution in [3.63, 3.8) is 0 Å². The maximum absolute atomic E-state index is 12.5. The normalized spacial score (nSPS) is 11.0. The maximum atomic E-state index is 12.5. The Morgan fingerprint density at radius 1 is 1.33 bits per heavy atom. The van der Waals surface area contributed by atoms with Crippen molar-refractivity contribution >= 4 is 22.2 Å². The van der Waals surface area contributed by atoms with Crippen LogP contribution in [0.4, 0.5) is 0 Å². The van der Waals surface area contributed by atoms with Gasteiger partial charge in [0.2, 0.25) is 11.7 Å². The standard InChI is InChI=1S/C15H12N6O2S/c1-20(14(22)11-8-21-6-7-24-15(21)17-11)9-12-18-13(19-23-12)10-2-4-16-5-3-10/h2-8H,9H2,1H3. The van der Waals surface area contributed by atoms with Crippen LogP contribution in [-0.4, -0.2) is 42.4 Å². The molecule has 0 radical (unpaired) electrons. The molecule has 0 saturated carbocycles. The first-order valence-corrected chi connectivity index (χ1v) is 7.99. The van der Waals surface area contributed by atoms with Crippen LogP contribution in [0.25, 0.3) is 16.3 Å². The van der Waals surface area contributed by atoms with Gasteiger partial charge in [-0.05, 0) is 12.1 Å². The van der Waals surface area contributed by atoms with E-state index in [1.807, 2.05) is 16.0 Å². The fourth-order valence-corrected chi connectivity index (χ4v) is 2.94. The molecule has 4 aromatic heterocycles. The highest BCUT2D eigenvalue weighted by Crippen LogP contribution is 2.16. The summed E-state index contributed by atoms with van der Waals surface area (Å²) in [7, 11) is 1.67. The Hall–Kier alpha value is -3.07. The van der Waals surface area contributed by atoms with Crippen LogP contribution in [0.3, 0.4) is 0 Å². The zero-order chi connectivity index (χ0) is 16.5. The van der Waals surface area contributed by atoms with Crippen molar-refractivity contribution in [1.29, 1.82) is 0 Å². The molecule has 0 atom stereocenters. The number of amides is 1. The number of pyridine rings is 1. The van der Waals surface area contributed by atoms with Gasteiger partial charge in [-0.1, -0.05) is 5.16 Å². The third kappa shape index (κ3) is 2.65. The number of fused-ring (bicyclic) bond motifs is 1. The van der Waals surface area contributed by atoms with E-state index >= 15 is 0 Å². The smallest absolute Gasteiger partial charge is 0.274 e. The van der Waals surface area contributed by atoms with Gasteiger partial charge in [0.25, 0.3) is 5.91 Å². The van der Waals surface area contributed by atoms with Crippen molar-refractivity contribution in [2.45, 2.75) is 6.54 Å². The van der Waals surface area contributed by atoms with Crippen LogP contribution < -0.4 is 0 Å². The van der Waals surface area contributed by atoms with Crippen LogP contribution in [0, 0.1) is 0 Å². The van der Waals surface area contributed by atoms with E-state index in [1.165, 1.54) is 16.2 Å². The van der Waals surface area contributed by atoms with E-state index < -0.39 is 0 Å². The molecule has 4 rings (SSSR count). The van der Waals surface area contributed by atoms with E-state index in [0.29, 0.717) is 17.4 Å². The molecule has 0 bridgehead atoms. The van der Waals surface area contributed by atoms with Gasteiger partial charge in [0.05, 0.1) is 0 Å². The Kier molecular flexibility index (Phi) is 3.54. The lowest BCUT2D eigenvalue weighted by molar-refractivity contribution is 0.0764. The van der Waals surface area contributed by atoms with E-state index in [9.17, 15) is 4.79 Å². The minimum atomic E-state index is -0.199. The second-order valence-corrected chi connectivity index (χ2v) is 6.00. The number of carbonyl (C=O) groups is 1. The van der Waals surface area contributed by atoms with E-state index in [1.54, 1.807) is 37.8 Å². The van der Waals surface area contributed by atoms with Gasteiger partial charge in [-0.25, -0.2) is 4.98 Å². The fraction of sp³-hybridized carbons (Fsp3) is 0.133. The predicted molar refractivity (Wildman–Crippen MR) is 86.4 cm³/mol. The van der Waals surface area contributed by atoms with Gasteiger partial charge in [-0.2, -0.15) is 4.98 Å². The first-order valence-electron chi connectivity index (χ1n) is 7.11. The second kappa shape index (κ2) is 5.85. The molecule has 0 fully saturated rings. The molecular weight excluding hydrogens is 328 g/mol. The summed E-state index contributed by atoms with van der Waals surface area (Å²) in [5.74, 6) is 0.629. The number of rotatable bonds is 4. The Balaban J connectivity index is 1.49. The second-order valence-electron chi connectivity index (χ2n) is 5.13. The number of thiazole rings is 1. The Labute approximate surface area is 140 Å². The lowest BCUT2D eigenvalue weighted by Crippen LogP contribution is -2.26. The summed E-state index contributed by atoms with van der Waals surface area (Å²) in [6.07, 6.45) is 6.89. The Morgan fingerprint density at radius 3 is 2.96 bits per heavy atom. The van der Waals surface area contributed by atoms with Gasteiger partial charge in [0.1, 0.15) is 12.2 Å². The van der Waals surface area contributed by atoms with Crippen LogP contribution in [0.15, 0.2) is 46.8 Å². The number of carbonyl (C=O) groups excluding carboxylic acids is 1. The molecule has 0 N–H and O–H groups in total. The van der Waals surface area contributed by atoms with Crippen molar-refractivity contribution in [2.75, 3.05) is 7.05 Å². The van der Waals surface area contributed by atoms with Crippen molar-refractivity contribution in [2.24, 2.45) is 0 Å². The molecule has 0 aromatic carbocycles. The molecule has 1 amide bonds. The average molecular weight is 340 g/mol. The quantitative estimate of drug-likeness (QED) is 0.565. The summed E-state index contributed by atoms with van der Waals surface area (Å²) in [6, 6.07) is 3.59.